The summed E-state index contributed by atoms with van der Waals surface area (Å²) in [6, 6.07) is 8.60. The summed E-state index contributed by atoms with van der Waals surface area (Å²) in [5.74, 6) is 0. The molecule has 1 N–H and O–H groups in total. The van der Waals surface area contributed by atoms with E-state index in [2.05, 4.69) is 55.3 Å². The first-order valence-corrected chi connectivity index (χ1v) is 7.35. The van der Waals surface area contributed by atoms with E-state index in [1.807, 2.05) is 0 Å². The third-order valence-corrected chi connectivity index (χ3v) is 3.65. The summed E-state index contributed by atoms with van der Waals surface area (Å²) in [7, 11) is 1.73. The minimum Gasteiger partial charge on any atom is -0.382 e. The molecule has 112 valence electrons. The van der Waals surface area contributed by atoms with E-state index in [1.54, 1.807) is 7.11 Å². The number of nitrogens with one attached hydrogen (secondary N) is 1. The van der Waals surface area contributed by atoms with Crippen molar-refractivity contribution in [2.45, 2.75) is 39.1 Å². The Labute approximate surface area is 122 Å². The van der Waals surface area contributed by atoms with Gasteiger partial charge in [0.05, 0.1) is 18.3 Å². The van der Waals surface area contributed by atoms with Crippen molar-refractivity contribution in [2.75, 3.05) is 37.0 Å². The van der Waals surface area contributed by atoms with Gasteiger partial charge < -0.3 is 19.7 Å². The van der Waals surface area contributed by atoms with E-state index in [4.69, 9.17) is 9.47 Å². The zero-order valence-electron chi connectivity index (χ0n) is 12.9. The third-order valence-electron chi connectivity index (χ3n) is 3.65. The Morgan fingerprint density at radius 3 is 2.40 bits per heavy atom. The molecule has 0 spiro atoms. The molecule has 0 bridgehead atoms. The third kappa shape index (κ3) is 4.12. The minimum atomic E-state index is 0.218. The first kappa shape index (κ1) is 15.1. The zero-order chi connectivity index (χ0) is 14.5. The van der Waals surface area contributed by atoms with Crippen LogP contribution in [-0.2, 0) is 9.47 Å². The molecule has 4 nitrogen and oxygen atoms in total. The molecule has 0 aliphatic carbocycles. The van der Waals surface area contributed by atoms with Crippen LogP contribution in [0.5, 0.6) is 0 Å². The van der Waals surface area contributed by atoms with Gasteiger partial charge in [0.25, 0.3) is 0 Å². The van der Waals surface area contributed by atoms with Crippen LogP contribution in [0, 0.1) is 0 Å². The van der Waals surface area contributed by atoms with Gasteiger partial charge >= 0.3 is 0 Å². The normalized spacial score (nSPS) is 24.5. The topological polar surface area (TPSA) is 33.7 Å². The summed E-state index contributed by atoms with van der Waals surface area (Å²) in [4.78, 5) is 2.39. The number of morpholine rings is 1. The maximum atomic E-state index is 5.77. The molecular weight excluding hydrogens is 252 g/mol. The van der Waals surface area contributed by atoms with E-state index < -0.39 is 0 Å². The number of anilines is 2. The summed E-state index contributed by atoms with van der Waals surface area (Å²) in [6.07, 6.45) is 0.800. The summed E-state index contributed by atoms with van der Waals surface area (Å²) in [5.41, 5.74) is 2.39. The van der Waals surface area contributed by atoms with Gasteiger partial charge in [-0.3, -0.25) is 0 Å². The molecule has 1 aliphatic heterocycles. The lowest BCUT2D eigenvalue weighted by Crippen LogP contribution is -2.45. The van der Waals surface area contributed by atoms with Gasteiger partial charge in [-0.15, -0.1) is 0 Å². The zero-order valence-corrected chi connectivity index (χ0v) is 12.9. The van der Waals surface area contributed by atoms with E-state index in [1.165, 1.54) is 5.69 Å². The van der Waals surface area contributed by atoms with Gasteiger partial charge in [-0.05, 0) is 45.0 Å². The van der Waals surface area contributed by atoms with E-state index in [0.717, 1.165) is 25.3 Å². The van der Waals surface area contributed by atoms with Gasteiger partial charge in [0.2, 0.25) is 0 Å². The number of nitrogens with zero attached hydrogens (tertiary/aromatic N) is 1. The smallest absolute Gasteiger partial charge is 0.0726 e. The highest BCUT2D eigenvalue weighted by Crippen LogP contribution is 2.22. The Kier molecular flexibility index (Phi) is 5.26. The second-order valence-electron chi connectivity index (χ2n) is 5.64. The lowest BCUT2D eigenvalue weighted by molar-refractivity contribution is -0.00521. The molecule has 20 heavy (non-hydrogen) atoms. The minimum absolute atomic E-state index is 0.218. The predicted octanol–water partition coefficient (Wildman–Crippen LogP) is 2.75. The van der Waals surface area contributed by atoms with Crippen LogP contribution < -0.4 is 10.2 Å². The van der Waals surface area contributed by atoms with Crippen LogP contribution in [0.3, 0.4) is 0 Å². The van der Waals surface area contributed by atoms with Crippen molar-refractivity contribution < 1.29 is 9.47 Å². The second kappa shape index (κ2) is 6.95. The molecule has 0 radical (unpaired) electrons. The van der Waals surface area contributed by atoms with E-state index >= 15 is 0 Å². The van der Waals surface area contributed by atoms with Crippen molar-refractivity contribution in [3.63, 3.8) is 0 Å². The molecule has 1 aromatic carbocycles. The first-order valence-electron chi connectivity index (χ1n) is 7.35. The number of benzene rings is 1. The molecule has 0 aromatic heterocycles. The molecule has 1 saturated heterocycles. The summed E-state index contributed by atoms with van der Waals surface area (Å²) < 4.78 is 11.0. The lowest BCUT2D eigenvalue weighted by Gasteiger charge is -2.36. The number of hydrogen-bond acceptors (Lipinski definition) is 4. The monoisotopic (exact) mass is 278 g/mol. The summed E-state index contributed by atoms with van der Waals surface area (Å²) >= 11 is 0. The van der Waals surface area contributed by atoms with Crippen molar-refractivity contribution in [3.8, 4) is 0 Å². The summed E-state index contributed by atoms with van der Waals surface area (Å²) in [6.45, 7) is 9.05. The fourth-order valence-corrected chi connectivity index (χ4v) is 2.52. The fourth-order valence-electron chi connectivity index (χ4n) is 2.52. The van der Waals surface area contributed by atoms with E-state index in [-0.39, 0.29) is 6.10 Å². The highest BCUT2D eigenvalue weighted by atomic mass is 16.5. The Hall–Kier alpha value is -1.26. The number of rotatable bonds is 5. The Balaban J connectivity index is 1.94. The number of methoxy groups -OCH3 is 1. The summed E-state index contributed by atoms with van der Waals surface area (Å²) in [5, 5.41) is 3.37. The molecule has 0 amide bonds. The van der Waals surface area contributed by atoms with Gasteiger partial charge in [-0.2, -0.15) is 0 Å². The molecule has 1 heterocycles. The molecule has 0 saturated carbocycles. The van der Waals surface area contributed by atoms with Crippen LogP contribution in [0.25, 0.3) is 0 Å². The second-order valence-corrected chi connectivity index (χ2v) is 5.64. The first-order chi connectivity index (χ1) is 9.58. The highest BCUT2D eigenvalue weighted by molar-refractivity contribution is 5.55. The molecule has 1 fully saturated rings. The molecule has 1 aliphatic rings. The van der Waals surface area contributed by atoms with Crippen molar-refractivity contribution in [1.29, 1.82) is 0 Å². The maximum Gasteiger partial charge on any atom is 0.0726 e. The quantitative estimate of drug-likeness (QED) is 0.898. The fraction of sp³-hybridized carbons (Fsp3) is 0.625. The Morgan fingerprint density at radius 1 is 1.25 bits per heavy atom. The van der Waals surface area contributed by atoms with Crippen LogP contribution in [0.15, 0.2) is 24.3 Å². The standard InChI is InChI=1S/C16H26N2O2/c1-12(19-4)9-17-15-5-7-16(8-6-15)18-10-13(2)20-14(3)11-18/h5-8,12-14,17H,9-11H2,1-4H3/t12?,13-,14+. The van der Waals surface area contributed by atoms with Crippen LogP contribution in [0.2, 0.25) is 0 Å². The van der Waals surface area contributed by atoms with Gasteiger partial charge in [0.1, 0.15) is 0 Å². The van der Waals surface area contributed by atoms with Crippen LogP contribution in [0.1, 0.15) is 20.8 Å². The largest absolute Gasteiger partial charge is 0.382 e. The Morgan fingerprint density at radius 2 is 1.85 bits per heavy atom. The molecule has 1 aromatic rings. The van der Waals surface area contributed by atoms with Gasteiger partial charge in [-0.1, -0.05) is 0 Å². The predicted molar refractivity (Wildman–Crippen MR) is 83.6 cm³/mol. The van der Waals surface area contributed by atoms with E-state index in [9.17, 15) is 0 Å². The van der Waals surface area contributed by atoms with Gasteiger partial charge in [-0.25, -0.2) is 0 Å². The molecule has 3 atom stereocenters. The lowest BCUT2D eigenvalue weighted by atomic mass is 10.2. The van der Waals surface area contributed by atoms with Crippen molar-refractivity contribution in [2.24, 2.45) is 0 Å². The molecule has 2 rings (SSSR count). The average Bonchev–Trinajstić information content (AvgIpc) is 2.44. The number of ether oxygens (including phenoxy) is 2. The molecule has 1 unspecified atom stereocenters. The van der Waals surface area contributed by atoms with Crippen molar-refractivity contribution in [1.82, 2.24) is 0 Å². The van der Waals surface area contributed by atoms with Crippen molar-refractivity contribution >= 4 is 11.4 Å². The van der Waals surface area contributed by atoms with Crippen LogP contribution in [-0.4, -0.2) is 45.1 Å². The van der Waals surface area contributed by atoms with Crippen LogP contribution >= 0.6 is 0 Å². The maximum absolute atomic E-state index is 5.77. The molecular formula is C16H26N2O2. The van der Waals surface area contributed by atoms with Gasteiger partial charge in [0, 0.05) is 38.1 Å². The van der Waals surface area contributed by atoms with E-state index in [0.29, 0.717) is 12.2 Å². The number of hydrogen-bond donors (Lipinski definition) is 1. The van der Waals surface area contributed by atoms with Crippen LogP contribution in [0.4, 0.5) is 11.4 Å². The highest BCUT2D eigenvalue weighted by Gasteiger charge is 2.22. The SMILES string of the molecule is COC(C)CNc1ccc(N2C[C@@H](C)O[C@@H](C)C2)cc1. The van der Waals surface area contributed by atoms with Gasteiger partial charge in [0.15, 0.2) is 0 Å². The van der Waals surface area contributed by atoms with Crippen molar-refractivity contribution in [3.05, 3.63) is 24.3 Å². The Bertz CT molecular complexity index is 397. The average molecular weight is 278 g/mol. The molecule has 4 heteroatoms.